The second-order valence-electron chi connectivity index (χ2n) is 4.79. The molecule has 3 aromatic rings. The van der Waals surface area contributed by atoms with Gasteiger partial charge in [0.05, 0.1) is 0 Å². The van der Waals surface area contributed by atoms with Gasteiger partial charge in [-0.05, 0) is 42.1 Å². The summed E-state index contributed by atoms with van der Waals surface area (Å²) in [6.07, 6.45) is 3.24. The topological polar surface area (TPSA) is 17.0 Å². The minimum Gasteiger partial charge on any atom is -0.346 e. The SMILES string of the molecule is Clc1ccc2c(ccn2CCNCCc2cccs2)c1. The van der Waals surface area contributed by atoms with Gasteiger partial charge in [-0.1, -0.05) is 17.7 Å². The molecule has 0 aliphatic heterocycles. The first-order chi connectivity index (χ1) is 9.83. The molecule has 0 saturated heterocycles. The highest BCUT2D eigenvalue weighted by atomic mass is 35.5. The van der Waals surface area contributed by atoms with Crippen molar-refractivity contribution < 1.29 is 0 Å². The third kappa shape index (κ3) is 3.23. The highest BCUT2D eigenvalue weighted by Gasteiger charge is 2.01. The number of fused-ring (bicyclic) bond motifs is 1. The maximum Gasteiger partial charge on any atom is 0.0481 e. The molecule has 0 bridgehead atoms. The Bertz CT molecular complexity index is 673. The normalized spacial score (nSPS) is 11.2. The Kier molecular flexibility index (Phi) is 4.41. The van der Waals surface area contributed by atoms with Crippen molar-refractivity contribution in [3.63, 3.8) is 0 Å². The molecular weight excluding hydrogens is 288 g/mol. The van der Waals surface area contributed by atoms with Gasteiger partial charge in [-0.3, -0.25) is 0 Å². The van der Waals surface area contributed by atoms with Gasteiger partial charge in [0.15, 0.2) is 0 Å². The highest BCUT2D eigenvalue weighted by Crippen LogP contribution is 2.20. The zero-order valence-corrected chi connectivity index (χ0v) is 12.8. The predicted octanol–water partition coefficient (Wildman–Crippen LogP) is 4.19. The molecular formula is C16H17ClN2S. The summed E-state index contributed by atoms with van der Waals surface area (Å²) in [5.74, 6) is 0. The Morgan fingerprint density at radius 2 is 2.10 bits per heavy atom. The predicted molar refractivity (Wildman–Crippen MR) is 87.8 cm³/mol. The summed E-state index contributed by atoms with van der Waals surface area (Å²) in [4.78, 5) is 1.44. The molecule has 0 aliphatic carbocycles. The van der Waals surface area contributed by atoms with E-state index < -0.39 is 0 Å². The Hall–Kier alpha value is -1.29. The second-order valence-corrected chi connectivity index (χ2v) is 6.26. The van der Waals surface area contributed by atoms with E-state index in [0.717, 1.165) is 31.1 Å². The van der Waals surface area contributed by atoms with Crippen LogP contribution in [0.3, 0.4) is 0 Å². The van der Waals surface area contributed by atoms with Crippen molar-refractivity contribution in [2.24, 2.45) is 0 Å². The van der Waals surface area contributed by atoms with Crippen LogP contribution in [-0.2, 0) is 13.0 Å². The molecule has 0 saturated carbocycles. The lowest BCUT2D eigenvalue weighted by molar-refractivity contribution is 0.611. The van der Waals surface area contributed by atoms with Gasteiger partial charge in [-0.25, -0.2) is 0 Å². The van der Waals surface area contributed by atoms with E-state index in [9.17, 15) is 0 Å². The number of halogens is 1. The fourth-order valence-electron chi connectivity index (χ4n) is 2.36. The molecule has 0 atom stereocenters. The van der Waals surface area contributed by atoms with Crippen molar-refractivity contribution in [2.75, 3.05) is 13.1 Å². The molecule has 3 rings (SSSR count). The van der Waals surface area contributed by atoms with E-state index in [4.69, 9.17) is 11.6 Å². The summed E-state index contributed by atoms with van der Waals surface area (Å²) < 4.78 is 2.27. The van der Waals surface area contributed by atoms with Crippen molar-refractivity contribution in [3.05, 3.63) is 57.9 Å². The van der Waals surface area contributed by atoms with Crippen LogP contribution in [0.4, 0.5) is 0 Å². The van der Waals surface area contributed by atoms with Crippen LogP contribution in [0, 0.1) is 0 Å². The van der Waals surface area contributed by atoms with Crippen LogP contribution in [0.15, 0.2) is 48.0 Å². The van der Waals surface area contributed by atoms with Crippen LogP contribution in [0.1, 0.15) is 4.88 Å². The average molecular weight is 305 g/mol. The van der Waals surface area contributed by atoms with Crippen LogP contribution < -0.4 is 5.32 Å². The first-order valence-electron chi connectivity index (χ1n) is 6.80. The van der Waals surface area contributed by atoms with E-state index in [2.05, 4.69) is 45.7 Å². The monoisotopic (exact) mass is 304 g/mol. The van der Waals surface area contributed by atoms with E-state index in [1.54, 1.807) is 0 Å². The van der Waals surface area contributed by atoms with E-state index >= 15 is 0 Å². The second kappa shape index (κ2) is 6.44. The van der Waals surface area contributed by atoms with Gasteiger partial charge >= 0.3 is 0 Å². The van der Waals surface area contributed by atoms with Gasteiger partial charge in [-0.15, -0.1) is 11.3 Å². The van der Waals surface area contributed by atoms with Gasteiger partial charge in [0.25, 0.3) is 0 Å². The summed E-state index contributed by atoms with van der Waals surface area (Å²) in [5, 5.41) is 7.63. The van der Waals surface area contributed by atoms with Crippen LogP contribution in [0.25, 0.3) is 10.9 Å². The Morgan fingerprint density at radius 3 is 2.95 bits per heavy atom. The first kappa shape index (κ1) is 13.7. The number of rotatable bonds is 6. The molecule has 0 aliphatic rings. The number of benzene rings is 1. The summed E-state index contributed by atoms with van der Waals surface area (Å²) in [7, 11) is 0. The third-order valence-corrected chi connectivity index (χ3v) is 4.56. The Balaban J connectivity index is 1.50. The molecule has 4 heteroatoms. The van der Waals surface area contributed by atoms with Gasteiger partial charge in [0.2, 0.25) is 0 Å². The minimum atomic E-state index is 0.796. The molecule has 0 spiro atoms. The summed E-state index contributed by atoms with van der Waals surface area (Å²) in [6.45, 7) is 3.00. The van der Waals surface area contributed by atoms with E-state index in [1.165, 1.54) is 15.8 Å². The van der Waals surface area contributed by atoms with Crippen molar-refractivity contribution in [3.8, 4) is 0 Å². The first-order valence-corrected chi connectivity index (χ1v) is 8.06. The van der Waals surface area contributed by atoms with Gasteiger partial charge in [0, 0.05) is 46.6 Å². The number of hydrogen-bond donors (Lipinski definition) is 1. The molecule has 0 amide bonds. The molecule has 20 heavy (non-hydrogen) atoms. The lowest BCUT2D eigenvalue weighted by Crippen LogP contribution is -2.21. The number of nitrogens with zero attached hydrogens (tertiary/aromatic N) is 1. The van der Waals surface area contributed by atoms with E-state index in [-0.39, 0.29) is 0 Å². The molecule has 2 heterocycles. The fraction of sp³-hybridized carbons (Fsp3) is 0.250. The molecule has 2 nitrogen and oxygen atoms in total. The zero-order valence-electron chi connectivity index (χ0n) is 11.2. The standard InChI is InChI=1S/C16H17ClN2S/c17-14-3-4-16-13(12-14)6-9-19(16)10-8-18-7-5-15-2-1-11-20-15/h1-4,6,9,11-12,18H,5,7-8,10H2. The van der Waals surface area contributed by atoms with E-state index in [0.29, 0.717) is 0 Å². The summed E-state index contributed by atoms with van der Waals surface area (Å²) >= 11 is 7.83. The maximum atomic E-state index is 6.00. The van der Waals surface area contributed by atoms with Crippen LogP contribution in [0.5, 0.6) is 0 Å². The number of hydrogen-bond acceptors (Lipinski definition) is 2. The van der Waals surface area contributed by atoms with Crippen LogP contribution in [-0.4, -0.2) is 17.7 Å². The molecule has 1 N–H and O–H groups in total. The molecule has 1 aromatic carbocycles. The Labute approximate surface area is 128 Å². The lowest BCUT2D eigenvalue weighted by atomic mass is 10.2. The van der Waals surface area contributed by atoms with Gasteiger partial charge in [-0.2, -0.15) is 0 Å². The quantitative estimate of drug-likeness (QED) is 0.676. The smallest absolute Gasteiger partial charge is 0.0481 e. The Morgan fingerprint density at radius 1 is 1.15 bits per heavy atom. The molecule has 2 aromatic heterocycles. The van der Waals surface area contributed by atoms with E-state index in [1.807, 2.05) is 23.5 Å². The average Bonchev–Trinajstić information content (AvgIpc) is 3.08. The van der Waals surface area contributed by atoms with Crippen LogP contribution in [0.2, 0.25) is 5.02 Å². The summed E-state index contributed by atoms with van der Waals surface area (Å²) in [6, 6.07) is 12.5. The molecule has 0 radical (unpaired) electrons. The summed E-state index contributed by atoms with van der Waals surface area (Å²) in [5.41, 5.74) is 1.24. The molecule has 0 unspecified atom stereocenters. The van der Waals surface area contributed by atoms with Gasteiger partial charge in [0.1, 0.15) is 0 Å². The highest BCUT2D eigenvalue weighted by molar-refractivity contribution is 7.09. The van der Waals surface area contributed by atoms with Crippen molar-refractivity contribution >= 4 is 33.8 Å². The molecule has 0 fully saturated rings. The molecule has 104 valence electrons. The van der Waals surface area contributed by atoms with Gasteiger partial charge < -0.3 is 9.88 Å². The number of thiophene rings is 1. The fourth-order valence-corrected chi connectivity index (χ4v) is 3.25. The number of nitrogens with one attached hydrogen (secondary N) is 1. The third-order valence-electron chi connectivity index (χ3n) is 3.39. The van der Waals surface area contributed by atoms with Crippen molar-refractivity contribution in [1.82, 2.24) is 9.88 Å². The number of aromatic nitrogens is 1. The van der Waals surface area contributed by atoms with Crippen molar-refractivity contribution in [2.45, 2.75) is 13.0 Å². The largest absolute Gasteiger partial charge is 0.346 e. The lowest BCUT2D eigenvalue weighted by Gasteiger charge is -2.07. The maximum absolute atomic E-state index is 6.00. The minimum absolute atomic E-state index is 0.796. The van der Waals surface area contributed by atoms with Crippen molar-refractivity contribution in [1.29, 1.82) is 0 Å². The zero-order chi connectivity index (χ0) is 13.8. The van der Waals surface area contributed by atoms with Crippen LogP contribution >= 0.6 is 22.9 Å².